The van der Waals surface area contributed by atoms with Gasteiger partial charge in [0.15, 0.2) is 0 Å². The van der Waals surface area contributed by atoms with Gasteiger partial charge in [0.2, 0.25) is 0 Å². The summed E-state index contributed by atoms with van der Waals surface area (Å²) < 4.78 is 5.42. The van der Waals surface area contributed by atoms with Crippen LogP contribution < -0.4 is 0 Å². The van der Waals surface area contributed by atoms with E-state index >= 15 is 0 Å². The maximum Gasteiger partial charge on any atom is 0.113 e. The third-order valence-electron chi connectivity index (χ3n) is 2.45. The van der Waals surface area contributed by atoms with E-state index in [1.165, 1.54) is 0 Å². The second-order valence-electron chi connectivity index (χ2n) is 4.66. The molecule has 70 valence electrons. The van der Waals surface area contributed by atoms with Gasteiger partial charge in [0.25, 0.3) is 0 Å². The number of ether oxygens (including phenoxy) is 1. The highest BCUT2D eigenvalue weighted by Gasteiger charge is 2.54. The third-order valence-corrected chi connectivity index (χ3v) is 2.45. The fourth-order valence-electron chi connectivity index (χ4n) is 1.33. The third kappa shape index (κ3) is 1.70. The van der Waals surface area contributed by atoms with E-state index in [0.717, 1.165) is 0 Å². The van der Waals surface area contributed by atoms with Crippen molar-refractivity contribution in [2.75, 3.05) is 0 Å². The Balaban J connectivity index is 2.59. The smallest absolute Gasteiger partial charge is 0.113 e. The van der Waals surface area contributed by atoms with Crippen LogP contribution in [0.2, 0.25) is 0 Å². The summed E-state index contributed by atoms with van der Waals surface area (Å²) in [6, 6.07) is 0. The van der Waals surface area contributed by atoms with Crippen molar-refractivity contribution in [3.63, 3.8) is 0 Å². The lowest BCUT2D eigenvalue weighted by Crippen LogP contribution is -2.32. The SMILES string of the molecule is C=CC(C)(C)[C@H]1O[C@@H]1C(C)(C)O. The lowest BCUT2D eigenvalue weighted by atomic mass is 9.84. The summed E-state index contributed by atoms with van der Waals surface area (Å²) >= 11 is 0. The van der Waals surface area contributed by atoms with E-state index < -0.39 is 5.60 Å². The maximum absolute atomic E-state index is 9.63. The normalized spacial score (nSPS) is 30.1. The molecule has 0 saturated carbocycles. The highest BCUT2D eigenvalue weighted by molar-refractivity contribution is 5.08. The van der Waals surface area contributed by atoms with E-state index in [-0.39, 0.29) is 17.6 Å². The van der Waals surface area contributed by atoms with Crippen molar-refractivity contribution in [3.8, 4) is 0 Å². The Labute approximate surface area is 74.2 Å². The topological polar surface area (TPSA) is 32.8 Å². The maximum atomic E-state index is 9.63. The van der Waals surface area contributed by atoms with Gasteiger partial charge in [-0.3, -0.25) is 0 Å². The summed E-state index contributed by atoms with van der Waals surface area (Å²) in [5.74, 6) is 0. The lowest BCUT2D eigenvalue weighted by molar-refractivity contribution is 0.0482. The van der Waals surface area contributed by atoms with Crippen molar-refractivity contribution >= 4 is 0 Å². The molecule has 0 bridgehead atoms. The molecule has 2 heteroatoms. The van der Waals surface area contributed by atoms with Gasteiger partial charge in [0.1, 0.15) is 6.10 Å². The molecule has 0 spiro atoms. The summed E-state index contributed by atoms with van der Waals surface area (Å²) in [6.07, 6.45) is 1.96. The van der Waals surface area contributed by atoms with Crippen LogP contribution in [0.15, 0.2) is 12.7 Å². The molecule has 1 saturated heterocycles. The number of hydrogen-bond donors (Lipinski definition) is 1. The Kier molecular flexibility index (Phi) is 2.09. The van der Waals surface area contributed by atoms with Gasteiger partial charge in [0, 0.05) is 5.41 Å². The van der Waals surface area contributed by atoms with Crippen LogP contribution in [-0.2, 0) is 4.74 Å². The van der Waals surface area contributed by atoms with Gasteiger partial charge in [0.05, 0.1) is 11.7 Å². The first kappa shape index (κ1) is 9.75. The van der Waals surface area contributed by atoms with Gasteiger partial charge in [-0.15, -0.1) is 6.58 Å². The largest absolute Gasteiger partial charge is 0.388 e. The van der Waals surface area contributed by atoms with Gasteiger partial charge in [-0.25, -0.2) is 0 Å². The fourth-order valence-corrected chi connectivity index (χ4v) is 1.33. The zero-order chi connectivity index (χ0) is 9.57. The van der Waals surface area contributed by atoms with Crippen molar-refractivity contribution in [2.45, 2.75) is 45.5 Å². The number of hydrogen-bond acceptors (Lipinski definition) is 2. The molecule has 2 nitrogen and oxygen atoms in total. The van der Waals surface area contributed by atoms with Gasteiger partial charge in [-0.1, -0.05) is 19.9 Å². The Bertz CT molecular complexity index is 189. The van der Waals surface area contributed by atoms with Crippen molar-refractivity contribution in [2.24, 2.45) is 5.41 Å². The minimum absolute atomic E-state index is 0.0366. The second kappa shape index (κ2) is 2.57. The van der Waals surface area contributed by atoms with Crippen LogP contribution in [0.3, 0.4) is 0 Å². The van der Waals surface area contributed by atoms with E-state index in [1.807, 2.05) is 6.08 Å². The van der Waals surface area contributed by atoms with Crippen LogP contribution in [0.25, 0.3) is 0 Å². The van der Waals surface area contributed by atoms with Crippen molar-refractivity contribution < 1.29 is 9.84 Å². The summed E-state index contributed by atoms with van der Waals surface area (Å²) in [6.45, 7) is 11.4. The van der Waals surface area contributed by atoms with Gasteiger partial charge < -0.3 is 9.84 Å². The predicted octanol–water partition coefficient (Wildman–Crippen LogP) is 1.74. The molecule has 0 aromatic rings. The molecule has 1 rings (SSSR count). The van der Waals surface area contributed by atoms with Gasteiger partial charge in [-0.2, -0.15) is 0 Å². The lowest BCUT2D eigenvalue weighted by Gasteiger charge is -2.19. The van der Waals surface area contributed by atoms with Crippen molar-refractivity contribution in [1.29, 1.82) is 0 Å². The molecule has 0 radical (unpaired) electrons. The van der Waals surface area contributed by atoms with Crippen LogP contribution in [-0.4, -0.2) is 22.9 Å². The van der Waals surface area contributed by atoms with Gasteiger partial charge in [-0.05, 0) is 13.8 Å². The fraction of sp³-hybridized carbons (Fsp3) is 0.800. The minimum Gasteiger partial charge on any atom is -0.388 e. The Hall–Kier alpha value is -0.340. The standard InChI is InChI=1S/C10H18O2/c1-6-9(2,3)7-8(12-7)10(4,5)11/h6-8,11H,1H2,2-5H3/t7-,8-/m0/s1. The average molecular weight is 170 g/mol. The first-order valence-corrected chi connectivity index (χ1v) is 4.30. The quantitative estimate of drug-likeness (QED) is 0.517. The summed E-state index contributed by atoms with van der Waals surface area (Å²) in [7, 11) is 0. The van der Waals surface area contributed by atoms with Crippen molar-refractivity contribution in [1.82, 2.24) is 0 Å². The summed E-state index contributed by atoms with van der Waals surface area (Å²) in [4.78, 5) is 0. The first-order chi connectivity index (χ1) is 5.29. The molecule has 1 fully saturated rings. The molecule has 1 aliphatic heterocycles. The van der Waals surface area contributed by atoms with E-state index in [4.69, 9.17) is 4.74 Å². The second-order valence-corrected chi connectivity index (χ2v) is 4.66. The molecule has 0 aliphatic carbocycles. The Morgan fingerprint density at radius 3 is 2.00 bits per heavy atom. The summed E-state index contributed by atoms with van der Waals surface area (Å²) in [5.41, 5.74) is -0.768. The highest BCUT2D eigenvalue weighted by atomic mass is 16.6. The average Bonchev–Trinajstić information content (AvgIpc) is 2.63. The zero-order valence-corrected chi connectivity index (χ0v) is 8.29. The molecule has 0 unspecified atom stereocenters. The molecule has 12 heavy (non-hydrogen) atoms. The highest BCUT2D eigenvalue weighted by Crippen LogP contribution is 2.43. The van der Waals surface area contributed by atoms with Crippen LogP contribution in [0.5, 0.6) is 0 Å². The molecule has 2 atom stereocenters. The van der Waals surface area contributed by atoms with Crippen LogP contribution in [0.1, 0.15) is 27.7 Å². The van der Waals surface area contributed by atoms with E-state index in [9.17, 15) is 5.11 Å². The number of aliphatic hydroxyl groups is 1. The monoisotopic (exact) mass is 170 g/mol. The molecular weight excluding hydrogens is 152 g/mol. The number of rotatable bonds is 3. The number of epoxide rings is 1. The molecule has 0 aromatic heterocycles. The summed E-state index contributed by atoms with van der Waals surface area (Å²) in [5, 5.41) is 9.63. The van der Waals surface area contributed by atoms with E-state index in [0.29, 0.717) is 0 Å². The molecular formula is C10H18O2. The van der Waals surface area contributed by atoms with Crippen LogP contribution >= 0.6 is 0 Å². The Morgan fingerprint density at radius 1 is 1.25 bits per heavy atom. The Morgan fingerprint density at radius 2 is 1.75 bits per heavy atom. The van der Waals surface area contributed by atoms with Crippen molar-refractivity contribution in [3.05, 3.63) is 12.7 Å². The predicted molar refractivity (Wildman–Crippen MR) is 48.9 cm³/mol. The van der Waals surface area contributed by atoms with Gasteiger partial charge >= 0.3 is 0 Å². The molecule has 0 amide bonds. The minimum atomic E-state index is -0.731. The molecule has 0 aromatic carbocycles. The van der Waals surface area contributed by atoms with E-state index in [1.54, 1.807) is 13.8 Å². The van der Waals surface area contributed by atoms with Crippen LogP contribution in [0, 0.1) is 5.41 Å². The van der Waals surface area contributed by atoms with E-state index in [2.05, 4.69) is 20.4 Å². The van der Waals surface area contributed by atoms with Crippen LogP contribution in [0.4, 0.5) is 0 Å². The molecule has 1 aliphatic rings. The first-order valence-electron chi connectivity index (χ1n) is 4.30. The zero-order valence-electron chi connectivity index (χ0n) is 8.29. The molecule has 1 N–H and O–H groups in total. The molecule has 1 heterocycles.